The van der Waals surface area contributed by atoms with Gasteiger partial charge in [0.2, 0.25) is 0 Å². The molecule has 0 spiro atoms. The molecule has 5 rings (SSSR count). The fraction of sp³-hybridized carbons (Fsp3) is 0.265. The Hall–Kier alpha value is -4.70. The fourth-order valence-electron chi connectivity index (χ4n) is 4.97. The van der Waals surface area contributed by atoms with Crippen LogP contribution in [0.1, 0.15) is 50.4 Å². The van der Waals surface area contributed by atoms with Gasteiger partial charge in [0.25, 0.3) is 5.56 Å². The molecule has 0 saturated heterocycles. The highest BCUT2D eigenvalue weighted by Gasteiger charge is 2.34. The van der Waals surface area contributed by atoms with Crippen LogP contribution in [0.5, 0.6) is 17.2 Å². The van der Waals surface area contributed by atoms with E-state index in [1.807, 2.05) is 26.0 Å². The highest BCUT2D eigenvalue weighted by molar-refractivity contribution is 7.07. The Morgan fingerprint density at radius 2 is 1.73 bits per heavy atom. The summed E-state index contributed by atoms with van der Waals surface area (Å²) in [5, 5.41) is 0. The van der Waals surface area contributed by atoms with E-state index in [-0.39, 0.29) is 30.2 Å². The molecule has 3 aromatic carbocycles. The van der Waals surface area contributed by atoms with E-state index in [1.165, 1.54) is 22.0 Å². The largest absolute Gasteiger partial charge is 0.490 e. The molecule has 10 heteroatoms. The first kappa shape index (κ1) is 30.7. The lowest BCUT2D eigenvalue weighted by molar-refractivity contribution is -0.139. The van der Waals surface area contributed by atoms with Crippen molar-refractivity contribution >= 4 is 23.4 Å². The van der Waals surface area contributed by atoms with Crippen LogP contribution in [0, 0.1) is 5.82 Å². The van der Waals surface area contributed by atoms with Gasteiger partial charge < -0.3 is 18.9 Å². The van der Waals surface area contributed by atoms with E-state index in [0.29, 0.717) is 56.6 Å². The summed E-state index contributed by atoms with van der Waals surface area (Å²) in [6, 6.07) is 18.3. The number of hydrogen-bond acceptors (Lipinski definition) is 8. The van der Waals surface area contributed by atoms with E-state index < -0.39 is 12.0 Å². The Morgan fingerprint density at radius 1 is 0.955 bits per heavy atom. The molecule has 44 heavy (non-hydrogen) atoms. The molecule has 0 aliphatic carbocycles. The number of nitrogens with zero attached hydrogens (tertiary/aromatic N) is 2. The van der Waals surface area contributed by atoms with Crippen LogP contribution in [0.3, 0.4) is 0 Å². The van der Waals surface area contributed by atoms with Crippen LogP contribution in [-0.2, 0) is 16.1 Å². The molecule has 4 aromatic rings. The van der Waals surface area contributed by atoms with E-state index in [0.717, 1.165) is 5.56 Å². The molecule has 0 unspecified atom stereocenters. The predicted molar refractivity (Wildman–Crippen MR) is 166 cm³/mol. The molecule has 0 saturated carbocycles. The second-order valence-electron chi connectivity index (χ2n) is 9.83. The minimum Gasteiger partial charge on any atom is -0.490 e. The predicted octanol–water partition coefficient (Wildman–Crippen LogP) is 5.31. The summed E-state index contributed by atoms with van der Waals surface area (Å²) in [6.45, 7) is 8.35. The maximum Gasteiger partial charge on any atom is 0.338 e. The third kappa shape index (κ3) is 6.45. The van der Waals surface area contributed by atoms with Gasteiger partial charge in [-0.15, -0.1) is 0 Å². The molecule has 2 heterocycles. The van der Waals surface area contributed by atoms with Crippen LogP contribution in [-0.4, -0.2) is 30.4 Å². The first-order chi connectivity index (χ1) is 21.3. The molecular formula is C34H33FN2O6S. The fourth-order valence-corrected chi connectivity index (χ4v) is 6.01. The Kier molecular flexibility index (Phi) is 9.59. The van der Waals surface area contributed by atoms with E-state index in [1.54, 1.807) is 68.5 Å². The topological polar surface area (TPSA) is 88.4 Å². The van der Waals surface area contributed by atoms with Crippen LogP contribution in [0.25, 0.3) is 6.08 Å². The number of carbonyl (C=O) groups excluding carboxylic acids is 1. The summed E-state index contributed by atoms with van der Waals surface area (Å²) in [5.41, 5.74) is 2.26. The second-order valence-corrected chi connectivity index (χ2v) is 10.8. The second kappa shape index (κ2) is 13.7. The highest BCUT2D eigenvalue weighted by atomic mass is 32.1. The van der Waals surface area contributed by atoms with Crippen molar-refractivity contribution in [2.24, 2.45) is 4.99 Å². The number of benzene rings is 3. The number of aromatic nitrogens is 1. The number of thiazole rings is 1. The van der Waals surface area contributed by atoms with Crippen LogP contribution < -0.4 is 29.1 Å². The van der Waals surface area contributed by atoms with Crippen molar-refractivity contribution in [1.82, 2.24) is 4.57 Å². The number of allylic oxidation sites excluding steroid dienone is 1. The summed E-state index contributed by atoms with van der Waals surface area (Å²) in [4.78, 5) is 32.4. The Morgan fingerprint density at radius 3 is 2.48 bits per heavy atom. The van der Waals surface area contributed by atoms with Crippen molar-refractivity contribution in [3.8, 4) is 17.2 Å². The van der Waals surface area contributed by atoms with E-state index in [9.17, 15) is 14.0 Å². The van der Waals surface area contributed by atoms with Crippen LogP contribution >= 0.6 is 11.3 Å². The van der Waals surface area contributed by atoms with E-state index in [4.69, 9.17) is 18.9 Å². The molecule has 0 bridgehead atoms. The van der Waals surface area contributed by atoms with Gasteiger partial charge in [-0.05, 0) is 75.2 Å². The molecule has 8 nitrogen and oxygen atoms in total. The molecule has 0 fully saturated rings. The summed E-state index contributed by atoms with van der Waals surface area (Å²) in [6.07, 6.45) is 1.75. The smallest absolute Gasteiger partial charge is 0.338 e. The first-order valence-electron chi connectivity index (χ1n) is 14.4. The average Bonchev–Trinajstić information content (AvgIpc) is 3.31. The monoisotopic (exact) mass is 616 g/mol. The van der Waals surface area contributed by atoms with Gasteiger partial charge in [-0.25, -0.2) is 14.2 Å². The number of carbonyl (C=O) groups is 1. The molecule has 228 valence electrons. The minimum absolute atomic E-state index is 0.0695. The van der Waals surface area contributed by atoms with Gasteiger partial charge in [0, 0.05) is 5.56 Å². The molecule has 1 aliphatic heterocycles. The Bertz CT molecular complexity index is 1890. The van der Waals surface area contributed by atoms with E-state index >= 15 is 0 Å². The summed E-state index contributed by atoms with van der Waals surface area (Å²) >= 11 is 1.23. The third-order valence-electron chi connectivity index (χ3n) is 6.91. The quantitative estimate of drug-likeness (QED) is 0.212. The Labute approximate surface area is 258 Å². The molecule has 1 aromatic heterocycles. The number of ether oxygens (including phenoxy) is 4. The third-order valence-corrected chi connectivity index (χ3v) is 7.89. The van der Waals surface area contributed by atoms with Gasteiger partial charge in [-0.3, -0.25) is 9.36 Å². The van der Waals surface area contributed by atoms with Gasteiger partial charge >= 0.3 is 5.97 Å². The maximum atomic E-state index is 14.1. The first-order valence-corrected chi connectivity index (χ1v) is 15.2. The van der Waals surface area contributed by atoms with Crippen LogP contribution in [0.15, 0.2) is 87.8 Å². The number of halogens is 1. The van der Waals surface area contributed by atoms with Gasteiger partial charge in [-0.2, -0.15) is 0 Å². The van der Waals surface area contributed by atoms with Crippen molar-refractivity contribution in [3.05, 3.63) is 120 Å². The molecule has 0 N–H and O–H groups in total. The molecule has 0 amide bonds. The minimum atomic E-state index is -0.794. The normalized spacial score (nSPS) is 14.6. The summed E-state index contributed by atoms with van der Waals surface area (Å²) in [7, 11) is 0. The average molecular weight is 617 g/mol. The number of rotatable bonds is 11. The highest BCUT2D eigenvalue weighted by Crippen LogP contribution is 2.36. The molecular weight excluding hydrogens is 583 g/mol. The molecule has 1 aliphatic rings. The SMILES string of the molecule is CCOC(=O)C1=C(C)N=c2s/c(=C\c3cccc(OCc4ccccc4F)c3)c(=O)n2[C@@H]1c1ccc(OCC)c(OCC)c1. The zero-order valence-corrected chi connectivity index (χ0v) is 25.8. The number of fused-ring (bicyclic) bond motifs is 1. The maximum absolute atomic E-state index is 14.1. The standard InChI is InChI=1S/C34H33FN2O6S/c1-5-40-27-16-15-23(19-28(27)41-6-2)31-30(33(39)42-7-3)21(4)36-34-37(31)32(38)29(44-34)18-22-11-10-13-25(17-22)43-20-24-12-8-9-14-26(24)35/h8-19,31H,5-7,20H2,1-4H3/b29-18-/t31-/m1/s1. The zero-order chi connectivity index (χ0) is 31.2. The Balaban J connectivity index is 1.58. The number of esters is 1. The van der Waals surface area contributed by atoms with Gasteiger partial charge in [-0.1, -0.05) is 47.7 Å². The zero-order valence-electron chi connectivity index (χ0n) is 25.0. The summed E-state index contributed by atoms with van der Waals surface area (Å²) < 4.78 is 38.8. The van der Waals surface area contributed by atoms with Gasteiger partial charge in [0.1, 0.15) is 18.2 Å². The molecule has 0 radical (unpaired) electrons. The van der Waals surface area contributed by atoms with Crippen LogP contribution in [0.4, 0.5) is 4.39 Å². The lowest BCUT2D eigenvalue weighted by Crippen LogP contribution is -2.40. The van der Waals surface area contributed by atoms with Gasteiger partial charge in [0.05, 0.1) is 41.7 Å². The van der Waals surface area contributed by atoms with Crippen LogP contribution in [0.2, 0.25) is 0 Å². The summed E-state index contributed by atoms with van der Waals surface area (Å²) in [5.74, 6) is 0.739. The number of hydrogen-bond donors (Lipinski definition) is 0. The molecule has 1 atom stereocenters. The van der Waals surface area contributed by atoms with Crippen molar-refractivity contribution in [2.75, 3.05) is 19.8 Å². The van der Waals surface area contributed by atoms with Crippen molar-refractivity contribution in [2.45, 2.75) is 40.3 Å². The lowest BCUT2D eigenvalue weighted by atomic mass is 9.95. The van der Waals surface area contributed by atoms with E-state index in [2.05, 4.69) is 4.99 Å². The van der Waals surface area contributed by atoms with Crippen molar-refractivity contribution in [1.29, 1.82) is 0 Å². The van der Waals surface area contributed by atoms with Crippen molar-refractivity contribution < 1.29 is 28.1 Å². The van der Waals surface area contributed by atoms with Crippen molar-refractivity contribution in [3.63, 3.8) is 0 Å². The lowest BCUT2D eigenvalue weighted by Gasteiger charge is -2.25. The van der Waals surface area contributed by atoms with Gasteiger partial charge in [0.15, 0.2) is 16.3 Å².